The Morgan fingerprint density at radius 1 is 1.32 bits per heavy atom. The number of aromatic nitrogens is 3. The molecule has 6 nitrogen and oxygen atoms in total. The second-order valence-corrected chi connectivity index (χ2v) is 7.23. The van der Waals surface area contributed by atoms with Crippen molar-refractivity contribution in [2.24, 2.45) is 0 Å². The summed E-state index contributed by atoms with van der Waals surface area (Å²) in [5.74, 6) is 0.815. The van der Waals surface area contributed by atoms with Crippen molar-refractivity contribution in [3.8, 4) is 10.6 Å². The number of thiazole rings is 1. The van der Waals surface area contributed by atoms with Crippen LogP contribution in [-0.2, 0) is 23.0 Å². The van der Waals surface area contributed by atoms with Crippen LogP contribution in [0.15, 0.2) is 6.20 Å². The lowest BCUT2D eigenvalue weighted by atomic mass is 9.94. The van der Waals surface area contributed by atoms with Crippen LogP contribution < -0.4 is 5.32 Å². The number of nitrogens with zero attached hydrogens (tertiary/aromatic N) is 3. The van der Waals surface area contributed by atoms with Gasteiger partial charge in [0.15, 0.2) is 5.13 Å². The van der Waals surface area contributed by atoms with Crippen LogP contribution in [0.3, 0.4) is 0 Å². The average molecular weight is 318 g/mol. The Morgan fingerprint density at radius 3 is 2.77 bits per heavy atom. The zero-order chi connectivity index (χ0) is 15.9. The number of anilines is 1. The Bertz CT molecular complexity index is 734. The van der Waals surface area contributed by atoms with E-state index >= 15 is 0 Å². The quantitative estimate of drug-likeness (QED) is 0.874. The fourth-order valence-electron chi connectivity index (χ4n) is 2.30. The molecule has 0 saturated heterocycles. The fraction of sp³-hybridized carbons (Fsp3) is 0.467. The molecule has 1 aliphatic carbocycles. The lowest BCUT2D eigenvalue weighted by Gasteiger charge is -2.20. The van der Waals surface area contributed by atoms with Crippen LogP contribution in [0.5, 0.6) is 0 Å². The predicted molar refractivity (Wildman–Crippen MR) is 85.3 cm³/mol. The number of methoxy groups -OCH3 is 1. The molecule has 0 bridgehead atoms. The van der Waals surface area contributed by atoms with Crippen LogP contribution >= 0.6 is 11.3 Å². The number of carbonyl (C=O) groups is 1. The Balaban J connectivity index is 2.02. The number of hydrogen-bond donors (Lipinski definition) is 1. The lowest BCUT2D eigenvalue weighted by Crippen LogP contribution is -2.18. The van der Waals surface area contributed by atoms with Gasteiger partial charge in [0, 0.05) is 11.6 Å². The molecule has 3 rings (SSSR count). The number of fused-ring (bicyclic) bond motifs is 3. The molecule has 0 fully saturated rings. The molecule has 2 aromatic rings. The summed E-state index contributed by atoms with van der Waals surface area (Å²) in [5.41, 5.74) is 2.94. The molecule has 1 N–H and O–H groups in total. The minimum absolute atomic E-state index is 0.107. The molecule has 116 valence electrons. The zero-order valence-electron chi connectivity index (χ0n) is 13.1. The van der Waals surface area contributed by atoms with Gasteiger partial charge in [0.1, 0.15) is 5.82 Å². The first kappa shape index (κ1) is 14.9. The molecule has 0 aromatic carbocycles. The summed E-state index contributed by atoms with van der Waals surface area (Å²) in [6.07, 6.45) is 3.11. The van der Waals surface area contributed by atoms with E-state index in [2.05, 4.69) is 40.8 Å². The van der Waals surface area contributed by atoms with Crippen LogP contribution in [-0.4, -0.2) is 28.2 Å². The van der Waals surface area contributed by atoms with Gasteiger partial charge in [0.05, 0.1) is 23.4 Å². The second kappa shape index (κ2) is 5.31. The van der Waals surface area contributed by atoms with E-state index in [1.807, 2.05) is 6.20 Å². The van der Waals surface area contributed by atoms with Crippen molar-refractivity contribution < 1.29 is 9.53 Å². The fourth-order valence-corrected chi connectivity index (χ4v) is 3.32. The molecule has 22 heavy (non-hydrogen) atoms. The van der Waals surface area contributed by atoms with Crippen molar-refractivity contribution in [2.45, 2.75) is 39.0 Å². The molecule has 1 amide bonds. The lowest BCUT2D eigenvalue weighted by molar-refractivity contribution is 0.187. The summed E-state index contributed by atoms with van der Waals surface area (Å²) in [7, 11) is 1.33. The maximum absolute atomic E-state index is 11.3. The van der Waals surface area contributed by atoms with E-state index < -0.39 is 6.09 Å². The van der Waals surface area contributed by atoms with Gasteiger partial charge in [-0.3, -0.25) is 5.32 Å². The summed E-state index contributed by atoms with van der Waals surface area (Å²) >= 11 is 1.43. The second-order valence-electron chi connectivity index (χ2n) is 6.23. The monoisotopic (exact) mass is 318 g/mol. The number of aryl methyl sites for hydroxylation is 2. The van der Waals surface area contributed by atoms with Gasteiger partial charge in [-0.2, -0.15) is 0 Å². The van der Waals surface area contributed by atoms with Gasteiger partial charge in [0.2, 0.25) is 0 Å². The highest BCUT2D eigenvalue weighted by Gasteiger charge is 2.26. The smallest absolute Gasteiger partial charge is 0.413 e. The van der Waals surface area contributed by atoms with Gasteiger partial charge in [-0.05, 0) is 18.4 Å². The van der Waals surface area contributed by atoms with Crippen molar-refractivity contribution >= 4 is 22.6 Å². The van der Waals surface area contributed by atoms with Crippen molar-refractivity contribution in [2.75, 3.05) is 12.4 Å². The Kier molecular flexibility index (Phi) is 3.60. The predicted octanol–water partition coefficient (Wildman–Crippen LogP) is 3.17. The van der Waals surface area contributed by atoms with Crippen molar-refractivity contribution in [3.05, 3.63) is 23.3 Å². The van der Waals surface area contributed by atoms with Gasteiger partial charge in [-0.15, -0.1) is 0 Å². The minimum Gasteiger partial charge on any atom is -0.453 e. The highest BCUT2D eigenvalue weighted by molar-refractivity contribution is 7.19. The standard InChI is InChI=1S/C15H18N4O2S/c1-15(2,3)12-16-7-8-5-6-9-11(10(8)18-12)22-13(17-9)19-14(20)21-4/h7H,5-6H2,1-4H3,(H,17,19,20). The van der Waals surface area contributed by atoms with Crippen LogP contribution in [0, 0.1) is 0 Å². The molecular formula is C15H18N4O2S. The van der Waals surface area contributed by atoms with E-state index in [9.17, 15) is 4.79 Å². The summed E-state index contributed by atoms with van der Waals surface area (Å²) in [6, 6.07) is 0. The van der Waals surface area contributed by atoms with Crippen molar-refractivity contribution in [1.82, 2.24) is 15.0 Å². The van der Waals surface area contributed by atoms with E-state index in [1.165, 1.54) is 18.4 Å². The van der Waals surface area contributed by atoms with E-state index in [1.54, 1.807) is 0 Å². The maximum atomic E-state index is 11.3. The number of ether oxygens (including phenoxy) is 1. The highest BCUT2D eigenvalue weighted by atomic mass is 32.1. The molecule has 2 heterocycles. The molecule has 0 radical (unpaired) electrons. The first-order valence-corrected chi connectivity index (χ1v) is 7.91. The topological polar surface area (TPSA) is 77.0 Å². The van der Waals surface area contributed by atoms with Crippen LogP contribution in [0.4, 0.5) is 9.93 Å². The third kappa shape index (κ3) is 2.68. The summed E-state index contributed by atoms with van der Waals surface area (Å²) < 4.78 is 4.61. The summed E-state index contributed by atoms with van der Waals surface area (Å²) in [5, 5.41) is 3.17. The van der Waals surface area contributed by atoms with E-state index in [-0.39, 0.29) is 5.41 Å². The minimum atomic E-state index is -0.510. The van der Waals surface area contributed by atoms with E-state index in [4.69, 9.17) is 4.98 Å². The SMILES string of the molecule is COC(=O)Nc1nc2c(s1)-c1nc(C(C)(C)C)ncc1CC2. The largest absolute Gasteiger partial charge is 0.453 e. The number of carbonyl (C=O) groups excluding carboxylic acids is 1. The maximum Gasteiger partial charge on any atom is 0.413 e. The van der Waals surface area contributed by atoms with Gasteiger partial charge >= 0.3 is 6.09 Å². The average Bonchev–Trinajstić information content (AvgIpc) is 2.88. The number of rotatable bonds is 1. The number of amides is 1. The Hall–Kier alpha value is -2.02. The number of nitrogens with one attached hydrogen (secondary N) is 1. The molecular weight excluding hydrogens is 300 g/mol. The molecule has 0 atom stereocenters. The molecule has 2 aromatic heterocycles. The molecule has 1 aliphatic rings. The molecule has 0 saturated carbocycles. The third-order valence-corrected chi connectivity index (χ3v) is 4.49. The van der Waals surface area contributed by atoms with E-state index in [0.29, 0.717) is 5.13 Å². The number of hydrogen-bond acceptors (Lipinski definition) is 6. The van der Waals surface area contributed by atoms with Gasteiger partial charge in [0.25, 0.3) is 0 Å². The van der Waals surface area contributed by atoms with Crippen LogP contribution in [0.2, 0.25) is 0 Å². The zero-order valence-corrected chi connectivity index (χ0v) is 13.9. The van der Waals surface area contributed by atoms with Crippen molar-refractivity contribution in [3.63, 3.8) is 0 Å². The third-order valence-electron chi connectivity index (χ3n) is 3.47. The summed E-state index contributed by atoms with van der Waals surface area (Å²) in [6.45, 7) is 6.28. The van der Waals surface area contributed by atoms with Crippen LogP contribution in [0.25, 0.3) is 10.6 Å². The van der Waals surface area contributed by atoms with Gasteiger partial charge in [-0.25, -0.2) is 19.7 Å². The first-order chi connectivity index (χ1) is 10.4. The Labute approximate surface area is 133 Å². The van der Waals surface area contributed by atoms with E-state index in [0.717, 1.165) is 40.5 Å². The Morgan fingerprint density at radius 2 is 2.09 bits per heavy atom. The van der Waals surface area contributed by atoms with Crippen LogP contribution in [0.1, 0.15) is 37.9 Å². The summed E-state index contributed by atoms with van der Waals surface area (Å²) in [4.78, 5) is 26.1. The molecule has 0 spiro atoms. The molecule has 7 heteroatoms. The van der Waals surface area contributed by atoms with Gasteiger partial charge in [-0.1, -0.05) is 32.1 Å². The van der Waals surface area contributed by atoms with Gasteiger partial charge < -0.3 is 4.74 Å². The first-order valence-electron chi connectivity index (χ1n) is 7.10. The highest BCUT2D eigenvalue weighted by Crippen LogP contribution is 2.38. The van der Waals surface area contributed by atoms with Crippen molar-refractivity contribution in [1.29, 1.82) is 0 Å². The molecule has 0 aliphatic heterocycles. The molecule has 0 unspecified atom stereocenters. The normalized spacial score (nSPS) is 13.3.